The summed E-state index contributed by atoms with van der Waals surface area (Å²) in [5.41, 5.74) is 2.42. The van der Waals surface area contributed by atoms with Crippen LogP contribution in [0.15, 0.2) is 42.5 Å². The molecule has 3 heterocycles. The third-order valence-electron chi connectivity index (χ3n) is 6.48. The molecule has 0 saturated carbocycles. The summed E-state index contributed by atoms with van der Waals surface area (Å²) in [4.78, 5) is 42.8. The van der Waals surface area contributed by atoms with Gasteiger partial charge in [-0.2, -0.15) is 0 Å². The summed E-state index contributed by atoms with van der Waals surface area (Å²) < 4.78 is 10.8. The average Bonchev–Trinajstić information content (AvgIpc) is 3.51. The quantitative estimate of drug-likeness (QED) is 0.699. The van der Waals surface area contributed by atoms with Crippen LogP contribution in [0.4, 0.5) is 5.69 Å². The maximum atomic E-state index is 12.6. The van der Waals surface area contributed by atoms with Gasteiger partial charge in [0, 0.05) is 56.9 Å². The number of hydrogen-bond donors (Lipinski definition) is 1. The molecule has 1 N–H and O–H groups in total. The van der Waals surface area contributed by atoms with Crippen LogP contribution < -0.4 is 19.7 Å². The molecule has 0 unspecified atom stereocenters. The van der Waals surface area contributed by atoms with Crippen molar-refractivity contribution in [2.24, 2.45) is 0 Å². The van der Waals surface area contributed by atoms with E-state index in [1.807, 2.05) is 18.2 Å². The Morgan fingerprint density at radius 3 is 2.41 bits per heavy atom. The van der Waals surface area contributed by atoms with Crippen molar-refractivity contribution in [3.05, 3.63) is 53.6 Å². The van der Waals surface area contributed by atoms with Crippen molar-refractivity contribution in [1.82, 2.24) is 15.1 Å². The minimum absolute atomic E-state index is 0.0344. The zero-order valence-corrected chi connectivity index (χ0v) is 19.0. The number of nitrogens with one attached hydrogen (secondary N) is 1. The molecule has 178 valence electrons. The van der Waals surface area contributed by atoms with Crippen LogP contribution in [-0.4, -0.2) is 73.6 Å². The van der Waals surface area contributed by atoms with Gasteiger partial charge in [0.2, 0.25) is 18.6 Å². The van der Waals surface area contributed by atoms with Gasteiger partial charge in [0.1, 0.15) is 0 Å². The molecule has 3 amide bonds. The number of fused-ring (bicyclic) bond motifs is 1. The number of amides is 3. The fourth-order valence-corrected chi connectivity index (χ4v) is 4.54. The first-order chi connectivity index (χ1) is 16.6. The maximum absolute atomic E-state index is 12.6. The number of hydrogen-bond acceptors (Lipinski definition) is 6. The number of ether oxygens (including phenoxy) is 2. The first kappa shape index (κ1) is 22.2. The lowest BCUT2D eigenvalue weighted by molar-refractivity contribution is -0.131. The molecule has 0 spiro atoms. The molecule has 3 aliphatic heterocycles. The Balaban J connectivity index is 1.06. The van der Waals surface area contributed by atoms with Crippen LogP contribution in [0.1, 0.15) is 28.8 Å². The van der Waals surface area contributed by atoms with Crippen LogP contribution in [0.5, 0.6) is 11.5 Å². The van der Waals surface area contributed by atoms with E-state index in [0.717, 1.165) is 48.8 Å². The Labute approximate surface area is 198 Å². The van der Waals surface area contributed by atoms with Crippen molar-refractivity contribution in [1.29, 1.82) is 0 Å². The van der Waals surface area contributed by atoms with Crippen LogP contribution in [0, 0.1) is 0 Å². The van der Waals surface area contributed by atoms with E-state index in [0.29, 0.717) is 31.6 Å². The Bertz CT molecular complexity index is 1080. The van der Waals surface area contributed by atoms with Gasteiger partial charge < -0.3 is 24.6 Å². The number of piperazine rings is 1. The predicted octanol–water partition coefficient (Wildman–Crippen LogP) is 1.62. The van der Waals surface area contributed by atoms with Crippen molar-refractivity contribution >= 4 is 23.4 Å². The van der Waals surface area contributed by atoms with Crippen LogP contribution in [0.3, 0.4) is 0 Å². The summed E-state index contributed by atoms with van der Waals surface area (Å²) in [6, 6.07) is 12.9. The van der Waals surface area contributed by atoms with Crippen molar-refractivity contribution < 1.29 is 23.9 Å². The second kappa shape index (κ2) is 9.72. The molecule has 2 aromatic carbocycles. The zero-order chi connectivity index (χ0) is 23.5. The highest BCUT2D eigenvalue weighted by Crippen LogP contribution is 2.32. The normalized spacial score (nSPS) is 17.8. The Kier molecular flexibility index (Phi) is 6.35. The van der Waals surface area contributed by atoms with Crippen LogP contribution in [0.25, 0.3) is 0 Å². The van der Waals surface area contributed by atoms with Gasteiger partial charge in [-0.3, -0.25) is 19.3 Å². The maximum Gasteiger partial charge on any atom is 0.251 e. The molecule has 9 nitrogen and oxygen atoms in total. The monoisotopic (exact) mass is 464 g/mol. The first-order valence-electron chi connectivity index (χ1n) is 11.6. The molecule has 34 heavy (non-hydrogen) atoms. The van der Waals surface area contributed by atoms with Gasteiger partial charge in [0.25, 0.3) is 5.91 Å². The Hall–Kier alpha value is -3.59. The second-order valence-corrected chi connectivity index (χ2v) is 8.72. The Morgan fingerprint density at radius 2 is 1.68 bits per heavy atom. The number of carbonyl (C=O) groups excluding carboxylic acids is 3. The van der Waals surface area contributed by atoms with Gasteiger partial charge >= 0.3 is 0 Å². The van der Waals surface area contributed by atoms with E-state index in [9.17, 15) is 14.4 Å². The van der Waals surface area contributed by atoms with E-state index in [2.05, 4.69) is 10.2 Å². The molecular formula is C25H28N4O5. The van der Waals surface area contributed by atoms with Gasteiger partial charge in [0.05, 0.1) is 6.54 Å². The van der Waals surface area contributed by atoms with Crippen molar-refractivity contribution in [3.63, 3.8) is 0 Å². The summed E-state index contributed by atoms with van der Waals surface area (Å²) >= 11 is 0. The van der Waals surface area contributed by atoms with Crippen molar-refractivity contribution in [2.75, 3.05) is 51.0 Å². The predicted molar refractivity (Wildman–Crippen MR) is 125 cm³/mol. The standard InChI is InChI=1S/C25H28N4O5/c30-23-2-1-9-29(23)20-6-4-19(5-7-20)25(32)26-15-24(31)28-12-10-27(11-13-28)16-18-3-8-21-22(14-18)34-17-33-21/h3-8,14H,1-2,9-13,15-17H2,(H,26,32). The molecule has 3 aliphatic rings. The van der Waals surface area contributed by atoms with Gasteiger partial charge in [-0.15, -0.1) is 0 Å². The summed E-state index contributed by atoms with van der Waals surface area (Å²) in [6.07, 6.45) is 1.42. The highest BCUT2D eigenvalue weighted by atomic mass is 16.7. The topological polar surface area (TPSA) is 91.4 Å². The molecule has 5 rings (SSSR count). The molecule has 0 radical (unpaired) electrons. The molecule has 2 saturated heterocycles. The number of anilines is 1. The minimum atomic E-state index is -0.297. The van der Waals surface area contributed by atoms with Crippen molar-refractivity contribution in [3.8, 4) is 11.5 Å². The highest BCUT2D eigenvalue weighted by molar-refractivity contribution is 5.98. The minimum Gasteiger partial charge on any atom is -0.454 e. The molecule has 2 fully saturated rings. The van der Waals surface area contributed by atoms with E-state index < -0.39 is 0 Å². The average molecular weight is 465 g/mol. The molecule has 0 atom stereocenters. The van der Waals surface area contributed by atoms with Crippen LogP contribution in [0.2, 0.25) is 0 Å². The van der Waals surface area contributed by atoms with Crippen LogP contribution >= 0.6 is 0 Å². The lowest BCUT2D eigenvalue weighted by Crippen LogP contribution is -2.50. The van der Waals surface area contributed by atoms with Gasteiger partial charge in [-0.25, -0.2) is 0 Å². The third-order valence-corrected chi connectivity index (χ3v) is 6.48. The molecule has 0 aliphatic carbocycles. The number of carbonyl (C=O) groups is 3. The summed E-state index contributed by atoms with van der Waals surface area (Å²) in [5.74, 6) is 1.28. The molecule has 9 heteroatoms. The highest BCUT2D eigenvalue weighted by Gasteiger charge is 2.24. The SMILES string of the molecule is O=C(NCC(=O)N1CCN(Cc2ccc3c(c2)OCO3)CC1)c1ccc(N2CCCC2=O)cc1. The van der Waals surface area contributed by atoms with Gasteiger partial charge in [0.15, 0.2) is 11.5 Å². The smallest absolute Gasteiger partial charge is 0.251 e. The van der Waals surface area contributed by atoms with Crippen molar-refractivity contribution in [2.45, 2.75) is 19.4 Å². The third kappa shape index (κ3) is 4.84. The van der Waals surface area contributed by atoms with Crippen LogP contribution in [-0.2, 0) is 16.1 Å². The molecule has 0 bridgehead atoms. The fourth-order valence-electron chi connectivity index (χ4n) is 4.54. The fraction of sp³-hybridized carbons (Fsp3) is 0.400. The van der Waals surface area contributed by atoms with Gasteiger partial charge in [-0.05, 0) is 48.4 Å². The molecule has 2 aromatic rings. The number of nitrogens with zero attached hydrogens (tertiary/aromatic N) is 3. The molecular weight excluding hydrogens is 436 g/mol. The van der Waals surface area contributed by atoms with E-state index in [4.69, 9.17) is 9.47 Å². The number of benzene rings is 2. The van der Waals surface area contributed by atoms with E-state index in [1.54, 1.807) is 34.1 Å². The lowest BCUT2D eigenvalue weighted by atomic mass is 10.1. The molecule has 0 aromatic heterocycles. The summed E-state index contributed by atoms with van der Waals surface area (Å²) in [6.45, 7) is 4.51. The summed E-state index contributed by atoms with van der Waals surface area (Å²) in [7, 11) is 0. The van der Waals surface area contributed by atoms with Gasteiger partial charge in [-0.1, -0.05) is 6.07 Å². The first-order valence-corrected chi connectivity index (χ1v) is 11.6. The number of rotatable bonds is 6. The zero-order valence-electron chi connectivity index (χ0n) is 19.0. The van der Waals surface area contributed by atoms with E-state index in [1.165, 1.54) is 0 Å². The Morgan fingerprint density at radius 1 is 0.912 bits per heavy atom. The second-order valence-electron chi connectivity index (χ2n) is 8.72. The summed E-state index contributed by atoms with van der Waals surface area (Å²) in [5, 5.41) is 2.72. The largest absolute Gasteiger partial charge is 0.454 e. The lowest BCUT2D eigenvalue weighted by Gasteiger charge is -2.34. The van der Waals surface area contributed by atoms with E-state index in [-0.39, 0.29) is 31.1 Å². The van der Waals surface area contributed by atoms with E-state index >= 15 is 0 Å².